The molecule has 0 aliphatic rings. The molecular weight excluding hydrogens is 392 g/mol. The van der Waals surface area contributed by atoms with Crippen molar-refractivity contribution in [3.63, 3.8) is 0 Å². The molecule has 2 aromatic carbocycles. The van der Waals surface area contributed by atoms with Crippen molar-refractivity contribution in [3.05, 3.63) is 48.5 Å². The summed E-state index contributed by atoms with van der Waals surface area (Å²) in [4.78, 5) is 0. The van der Waals surface area contributed by atoms with Crippen molar-refractivity contribution < 1.29 is 9.47 Å². The summed E-state index contributed by atoms with van der Waals surface area (Å²) in [5.41, 5.74) is 2.42. The Labute approximate surface area is 197 Å². The minimum Gasteiger partial charge on any atom is -0.494 e. The number of unbranched alkanes of at least 4 members (excludes halogenated alkanes) is 5. The highest BCUT2D eigenvalue weighted by Gasteiger charge is 2.05. The molecule has 0 amide bonds. The highest BCUT2D eigenvalue weighted by molar-refractivity contribution is 5.64. The van der Waals surface area contributed by atoms with Gasteiger partial charge in [-0.05, 0) is 60.1 Å². The van der Waals surface area contributed by atoms with Crippen LogP contribution in [0.5, 0.6) is 11.5 Å². The van der Waals surface area contributed by atoms with Crippen LogP contribution in [0.4, 0.5) is 0 Å². The van der Waals surface area contributed by atoms with Gasteiger partial charge in [0.05, 0.1) is 13.2 Å². The Morgan fingerprint density at radius 3 is 1.66 bits per heavy atom. The van der Waals surface area contributed by atoms with E-state index in [0.29, 0.717) is 0 Å². The smallest absolute Gasteiger partial charge is 0.119 e. The van der Waals surface area contributed by atoms with E-state index in [2.05, 4.69) is 76.2 Å². The van der Waals surface area contributed by atoms with Gasteiger partial charge in [0.15, 0.2) is 0 Å². The lowest BCUT2D eigenvalue weighted by molar-refractivity contribution is 0.276. The Kier molecular flexibility index (Phi) is 13.0. The average molecular weight is 439 g/mol. The largest absolute Gasteiger partial charge is 0.494 e. The van der Waals surface area contributed by atoms with Gasteiger partial charge in [-0.2, -0.15) is 0 Å². The number of ether oxygens (including phenoxy) is 2. The predicted octanol–water partition coefficient (Wildman–Crippen LogP) is 9.32. The molecule has 2 heteroatoms. The quantitative estimate of drug-likeness (QED) is 0.229. The first kappa shape index (κ1) is 26.3. The lowest BCUT2D eigenvalue weighted by Gasteiger charge is -2.13. The Balaban J connectivity index is 1.67. The van der Waals surface area contributed by atoms with Gasteiger partial charge < -0.3 is 9.47 Å². The Hall–Kier alpha value is -1.96. The fourth-order valence-electron chi connectivity index (χ4n) is 3.96. The van der Waals surface area contributed by atoms with Gasteiger partial charge in [0, 0.05) is 0 Å². The SMILES string of the molecule is CCCCCCCCOc1ccc(-c2ccc(OCCC(C)CCCC(C)C)cc2)cc1. The molecule has 0 fully saturated rings. The van der Waals surface area contributed by atoms with Gasteiger partial charge in [-0.15, -0.1) is 0 Å². The van der Waals surface area contributed by atoms with Crippen molar-refractivity contribution in [1.82, 2.24) is 0 Å². The molecule has 0 aliphatic carbocycles. The number of hydrogen-bond acceptors (Lipinski definition) is 2. The summed E-state index contributed by atoms with van der Waals surface area (Å²) in [5.74, 6) is 3.47. The highest BCUT2D eigenvalue weighted by atomic mass is 16.5. The second-order valence-corrected chi connectivity index (χ2v) is 9.73. The van der Waals surface area contributed by atoms with Crippen LogP contribution in [0.25, 0.3) is 11.1 Å². The van der Waals surface area contributed by atoms with E-state index < -0.39 is 0 Å². The van der Waals surface area contributed by atoms with Gasteiger partial charge in [0.1, 0.15) is 11.5 Å². The first-order valence-electron chi connectivity index (χ1n) is 13.0. The summed E-state index contributed by atoms with van der Waals surface area (Å²) in [7, 11) is 0. The predicted molar refractivity (Wildman–Crippen MR) is 139 cm³/mol. The van der Waals surface area contributed by atoms with Gasteiger partial charge in [0.2, 0.25) is 0 Å². The second-order valence-electron chi connectivity index (χ2n) is 9.73. The molecule has 2 rings (SSSR count). The van der Waals surface area contributed by atoms with Crippen LogP contribution in [-0.2, 0) is 0 Å². The van der Waals surface area contributed by atoms with Crippen LogP contribution in [-0.4, -0.2) is 13.2 Å². The molecule has 178 valence electrons. The maximum Gasteiger partial charge on any atom is 0.119 e. The van der Waals surface area contributed by atoms with Crippen LogP contribution in [0.1, 0.15) is 91.9 Å². The fraction of sp³-hybridized carbons (Fsp3) is 0.600. The first-order valence-corrected chi connectivity index (χ1v) is 13.0. The number of hydrogen-bond donors (Lipinski definition) is 0. The van der Waals surface area contributed by atoms with E-state index in [9.17, 15) is 0 Å². The summed E-state index contributed by atoms with van der Waals surface area (Å²) in [5, 5.41) is 0. The minimum atomic E-state index is 0.731. The van der Waals surface area contributed by atoms with Crippen molar-refractivity contribution in [2.24, 2.45) is 11.8 Å². The van der Waals surface area contributed by atoms with Crippen molar-refractivity contribution in [2.75, 3.05) is 13.2 Å². The maximum atomic E-state index is 5.98. The monoisotopic (exact) mass is 438 g/mol. The van der Waals surface area contributed by atoms with E-state index in [1.807, 2.05) is 0 Å². The van der Waals surface area contributed by atoms with Gasteiger partial charge >= 0.3 is 0 Å². The summed E-state index contributed by atoms with van der Waals surface area (Å²) >= 11 is 0. The van der Waals surface area contributed by atoms with Crippen molar-refractivity contribution >= 4 is 0 Å². The third-order valence-electron chi connectivity index (χ3n) is 6.17. The normalized spacial score (nSPS) is 12.2. The summed E-state index contributed by atoms with van der Waals surface area (Å²) < 4.78 is 11.9. The highest BCUT2D eigenvalue weighted by Crippen LogP contribution is 2.25. The lowest BCUT2D eigenvalue weighted by atomic mass is 9.98. The average Bonchev–Trinajstić information content (AvgIpc) is 2.79. The molecule has 1 unspecified atom stereocenters. The second kappa shape index (κ2) is 15.8. The van der Waals surface area contributed by atoms with E-state index in [1.165, 1.54) is 62.5 Å². The molecule has 2 nitrogen and oxygen atoms in total. The Morgan fingerprint density at radius 2 is 1.09 bits per heavy atom. The third-order valence-corrected chi connectivity index (χ3v) is 6.17. The Morgan fingerprint density at radius 1 is 0.562 bits per heavy atom. The lowest BCUT2D eigenvalue weighted by Crippen LogP contribution is -2.04. The summed E-state index contributed by atoms with van der Waals surface area (Å²) in [6, 6.07) is 16.9. The van der Waals surface area contributed by atoms with Gasteiger partial charge in [-0.1, -0.05) is 103 Å². The van der Waals surface area contributed by atoms with E-state index >= 15 is 0 Å². The zero-order chi connectivity index (χ0) is 23.0. The minimum absolute atomic E-state index is 0.731. The maximum absolute atomic E-state index is 5.98. The van der Waals surface area contributed by atoms with Crippen LogP contribution in [0.2, 0.25) is 0 Å². The van der Waals surface area contributed by atoms with Gasteiger partial charge in [-0.3, -0.25) is 0 Å². The van der Waals surface area contributed by atoms with E-state index in [0.717, 1.165) is 49.4 Å². The molecule has 1 atom stereocenters. The standard InChI is InChI=1S/C30H46O2/c1-5-6-7-8-9-10-23-31-29-18-14-27(15-19-29)28-16-20-30(21-17-28)32-24-22-26(4)13-11-12-25(2)3/h14-21,25-26H,5-13,22-24H2,1-4H3. The molecule has 0 heterocycles. The first-order chi connectivity index (χ1) is 15.6. The zero-order valence-electron chi connectivity index (χ0n) is 21.1. The molecular formula is C30H46O2. The van der Waals surface area contributed by atoms with E-state index in [4.69, 9.17) is 9.47 Å². The van der Waals surface area contributed by atoms with Crippen LogP contribution >= 0.6 is 0 Å². The van der Waals surface area contributed by atoms with Crippen LogP contribution in [0.15, 0.2) is 48.5 Å². The topological polar surface area (TPSA) is 18.5 Å². The van der Waals surface area contributed by atoms with Crippen molar-refractivity contribution in [3.8, 4) is 22.6 Å². The molecule has 2 aromatic rings. The summed E-state index contributed by atoms with van der Waals surface area (Å²) in [6.07, 6.45) is 12.8. The van der Waals surface area contributed by atoms with Crippen molar-refractivity contribution in [1.29, 1.82) is 0 Å². The molecule has 32 heavy (non-hydrogen) atoms. The summed E-state index contributed by atoms with van der Waals surface area (Å²) in [6.45, 7) is 10.8. The molecule has 0 aromatic heterocycles. The van der Waals surface area contributed by atoms with E-state index in [1.54, 1.807) is 0 Å². The molecule has 0 radical (unpaired) electrons. The molecule has 0 saturated carbocycles. The van der Waals surface area contributed by atoms with Gasteiger partial charge in [0.25, 0.3) is 0 Å². The number of benzene rings is 2. The number of rotatable bonds is 17. The van der Waals surface area contributed by atoms with Crippen LogP contribution in [0, 0.1) is 11.8 Å². The molecule has 0 aliphatic heterocycles. The van der Waals surface area contributed by atoms with Crippen LogP contribution < -0.4 is 9.47 Å². The van der Waals surface area contributed by atoms with Gasteiger partial charge in [-0.25, -0.2) is 0 Å². The molecule has 0 bridgehead atoms. The third kappa shape index (κ3) is 11.1. The molecule has 0 N–H and O–H groups in total. The van der Waals surface area contributed by atoms with Crippen molar-refractivity contribution in [2.45, 2.75) is 91.9 Å². The molecule has 0 saturated heterocycles. The Bertz CT molecular complexity index is 703. The van der Waals surface area contributed by atoms with Crippen LogP contribution in [0.3, 0.4) is 0 Å². The zero-order valence-corrected chi connectivity index (χ0v) is 21.1. The van der Waals surface area contributed by atoms with E-state index in [-0.39, 0.29) is 0 Å². The fourth-order valence-corrected chi connectivity index (χ4v) is 3.96. The molecule has 0 spiro atoms.